The first kappa shape index (κ1) is 14.8. The van der Waals surface area contributed by atoms with Gasteiger partial charge >= 0.3 is 0 Å². The molecule has 5 nitrogen and oxygen atoms in total. The number of carbonyl (C=O) groups excluding carboxylic acids is 1. The second kappa shape index (κ2) is 7.26. The molecule has 1 unspecified atom stereocenters. The molecule has 0 spiro atoms. The molecule has 1 atom stereocenters. The highest BCUT2D eigenvalue weighted by atomic mass is 16.5. The van der Waals surface area contributed by atoms with Crippen LogP contribution in [-0.2, 0) is 9.53 Å². The van der Waals surface area contributed by atoms with Crippen molar-refractivity contribution in [2.24, 2.45) is 5.73 Å². The van der Waals surface area contributed by atoms with Crippen molar-refractivity contribution in [1.82, 2.24) is 0 Å². The molecule has 0 aliphatic carbocycles. The molecule has 1 aliphatic heterocycles. The Kier molecular flexibility index (Phi) is 5.38. The Morgan fingerprint density at radius 3 is 3.10 bits per heavy atom. The molecule has 0 radical (unpaired) electrons. The number of anilines is 1. The van der Waals surface area contributed by atoms with Gasteiger partial charge in [-0.2, -0.15) is 0 Å². The minimum Gasteiger partial charge on any atom is -0.489 e. The van der Waals surface area contributed by atoms with Crippen molar-refractivity contribution in [1.29, 1.82) is 0 Å². The van der Waals surface area contributed by atoms with E-state index >= 15 is 0 Å². The fourth-order valence-corrected chi connectivity index (χ4v) is 2.15. The fourth-order valence-electron chi connectivity index (χ4n) is 2.15. The second-order valence-corrected chi connectivity index (χ2v) is 5.03. The third-order valence-corrected chi connectivity index (χ3v) is 3.23. The molecule has 0 aromatic heterocycles. The molecule has 0 saturated carbocycles. The predicted molar refractivity (Wildman–Crippen MR) is 77.9 cm³/mol. The van der Waals surface area contributed by atoms with Crippen molar-refractivity contribution in [3.8, 4) is 5.75 Å². The summed E-state index contributed by atoms with van der Waals surface area (Å²) in [7, 11) is 0. The summed E-state index contributed by atoms with van der Waals surface area (Å²) in [4.78, 5) is 11.6. The van der Waals surface area contributed by atoms with Crippen LogP contribution in [0.2, 0.25) is 0 Å². The average molecular weight is 278 g/mol. The largest absolute Gasteiger partial charge is 0.489 e. The molecule has 1 aliphatic rings. The van der Waals surface area contributed by atoms with E-state index in [1.165, 1.54) is 0 Å². The molecule has 1 aromatic carbocycles. The maximum atomic E-state index is 11.6. The highest BCUT2D eigenvalue weighted by Crippen LogP contribution is 2.27. The first-order chi connectivity index (χ1) is 9.69. The van der Waals surface area contributed by atoms with Crippen LogP contribution < -0.4 is 15.8 Å². The summed E-state index contributed by atoms with van der Waals surface area (Å²) in [6.45, 7) is 3.65. The van der Waals surface area contributed by atoms with Crippen molar-refractivity contribution in [2.75, 3.05) is 25.1 Å². The van der Waals surface area contributed by atoms with Crippen LogP contribution in [0.5, 0.6) is 5.75 Å². The summed E-state index contributed by atoms with van der Waals surface area (Å²) < 4.78 is 11.3. The molecule has 1 fully saturated rings. The normalized spacial score (nSPS) is 18.0. The van der Waals surface area contributed by atoms with Gasteiger partial charge in [-0.25, -0.2) is 0 Å². The quantitative estimate of drug-likeness (QED) is 0.832. The van der Waals surface area contributed by atoms with Gasteiger partial charge in [0.15, 0.2) is 0 Å². The number of nitrogens with two attached hydrogens (primary N) is 1. The number of benzene rings is 1. The van der Waals surface area contributed by atoms with Crippen molar-refractivity contribution in [3.63, 3.8) is 0 Å². The van der Waals surface area contributed by atoms with Gasteiger partial charge < -0.3 is 20.5 Å². The number of carbonyl (C=O) groups is 1. The minimum absolute atomic E-state index is 0.0988. The first-order valence-electron chi connectivity index (χ1n) is 7.04. The zero-order valence-corrected chi connectivity index (χ0v) is 11.9. The van der Waals surface area contributed by atoms with Gasteiger partial charge in [0, 0.05) is 19.6 Å². The minimum atomic E-state index is -0.0988. The molecule has 1 amide bonds. The number of amides is 1. The molecule has 5 heteroatoms. The lowest BCUT2D eigenvalue weighted by Gasteiger charge is -2.15. The van der Waals surface area contributed by atoms with Crippen LogP contribution >= 0.6 is 0 Å². The summed E-state index contributed by atoms with van der Waals surface area (Å²) in [5.74, 6) is 0.587. The third-order valence-electron chi connectivity index (χ3n) is 3.23. The van der Waals surface area contributed by atoms with Crippen LogP contribution in [0.1, 0.15) is 24.8 Å². The highest BCUT2D eigenvalue weighted by molar-refractivity contribution is 5.92. The Hall–Kier alpha value is -1.59. The molecule has 3 N–H and O–H groups in total. The zero-order chi connectivity index (χ0) is 14.4. The molecule has 1 aromatic rings. The van der Waals surface area contributed by atoms with Crippen molar-refractivity contribution < 1.29 is 14.3 Å². The number of nitrogens with one attached hydrogen (secondary N) is 1. The van der Waals surface area contributed by atoms with E-state index < -0.39 is 0 Å². The molecule has 2 rings (SSSR count). The molecule has 110 valence electrons. The Labute approximate surface area is 119 Å². The predicted octanol–water partition coefficient (Wildman–Crippen LogP) is 1.84. The van der Waals surface area contributed by atoms with Crippen LogP contribution in [0, 0.1) is 6.92 Å². The Bertz CT molecular complexity index is 456. The summed E-state index contributed by atoms with van der Waals surface area (Å²) in [6, 6.07) is 5.72. The molecular weight excluding hydrogens is 256 g/mol. The maximum absolute atomic E-state index is 11.6. The molecule has 1 saturated heterocycles. The lowest BCUT2D eigenvalue weighted by Crippen LogP contribution is -2.19. The van der Waals surface area contributed by atoms with E-state index in [0.29, 0.717) is 31.0 Å². The second-order valence-electron chi connectivity index (χ2n) is 5.03. The lowest BCUT2D eigenvalue weighted by atomic mass is 10.2. The lowest BCUT2D eigenvalue weighted by molar-refractivity contribution is -0.116. The van der Waals surface area contributed by atoms with E-state index in [4.69, 9.17) is 15.2 Å². The number of aryl methyl sites for hydroxylation is 1. The van der Waals surface area contributed by atoms with Gasteiger partial charge in [-0.1, -0.05) is 6.07 Å². The van der Waals surface area contributed by atoms with E-state index in [2.05, 4.69) is 5.32 Å². The number of hydrogen-bond donors (Lipinski definition) is 2. The van der Waals surface area contributed by atoms with E-state index in [1.54, 1.807) is 0 Å². The fraction of sp³-hybridized carbons (Fsp3) is 0.533. The van der Waals surface area contributed by atoms with Gasteiger partial charge in [0.2, 0.25) is 5.91 Å². The molecule has 1 heterocycles. The van der Waals surface area contributed by atoms with Crippen molar-refractivity contribution >= 4 is 11.6 Å². The van der Waals surface area contributed by atoms with E-state index in [-0.39, 0.29) is 12.0 Å². The summed E-state index contributed by atoms with van der Waals surface area (Å²) in [5.41, 5.74) is 7.15. The van der Waals surface area contributed by atoms with Crippen LogP contribution in [0.25, 0.3) is 0 Å². The molecule has 20 heavy (non-hydrogen) atoms. The third kappa shape index (κ3) is 4.21. The number of ether oxygens (including phenoxy) is 2. The topological polar surface area (TPSA) is 73.6 Å². The van der Waals surface area contributed by atoms with Crippen molar-refractivity contribution in [3.05, 3.63) is 23.8 Å². The van der Waals surface area contributed by atoms with Gasteiger partial charge in [-0.15, -0.1) is 0 Å². The van der Waals surface area contributed by atoms with E-state index in [9.17, 15) is 4.79 Å². The summed E-state index contributed by atoms with van der Waals surface area (Å²) in [6.07, 6.45) is 2.57. The Morgan fingerprint density at radius 2 is 2.40 bits per heavy atom. The maximum Gasteiger partial charge on any atom is 0.225 e. The van der Waals surface area contributed by atoms with Gasteiger partial charge in [0.1, 0.15) is 12.4 Å². The van der Waals surface area contributed by atoms with Crippen molar-refractivity contribution in [2.45, 2.75) is 32.3 Å². The van der Waals surface area contributed by atoms with E-state index in [1.807, 2.05) is 25.1 Å². The van der Waals surface area contributed by atoms with Crippen LogP contribution in [0.4, 0.5) is 5.69 Å². The van der Waals surface area contributed by atoms with E-state index in [0.717, 1.165) is 25.0 Å². The SMILES string of the molecule is Cc1ccc(NC(=O)CCN)c(OCC2CCCO2)c1. The van der Waals surface area contributed by atoms with Crippen LogP contribution in [0.3, 0.4) is 0 Å². The van der Waals surface area contributed by atoms with Crippen LogP contribution in [0.15, 0.2) is 18.2 Å². The highest BCUT2D eigenvalue weighted by Gasteiger charge is 2.17. The standard InChI is InChI=1S/C15H22N2O3/c1-11-4-5-13(17-15(18)6-7-16)14(9-11)20-10-12-3-2-8-19-12/h4-5,9,12H,2-3,6-8,10,16H2,1H3,(H,17,18). The smallest absolute Gasteiger partial charge is 0.225 e. The van der Waals surface area contributed by atoms with Gasteiger partial charge in [-0.3, -0.25) is 4.79 Å². The number of hydrogen-bond acceptors (Lipinski definition) is 4. The average Bonchev–Trinajstić information content (AvgIpc) is 2.92. The Morgan fingerprint density at radius 1 is 1.55 bits per heavy atom. The zero-order valence-electron chi connectivity index (χ0n) is 11.9. The number of rotatable bonds is 6. The summed E-state index contributed by atoms with van der Waals surface area (Å²) >= 11 is 0. The molecule has 0 bridgehead atoms. The first-order valence-corrected chi connectivity index (χ1v) is 7.04. The van der Waals surface area contributed by atoms with Gasteiger partial charge in [0.25, 0.3) is 0 Å². The van der Waals surface area contributed by atoms with Gasteiger partial charge in [-0.05, 0) is 37.5 Å². The van der Waals surface area contributed by atoms with Crippen LogP contribution in [-0.4, -0.2) is 31.8 Å². The van der Waals surface area contributed by atoms with Gasteiger partial charge in [0.05, 0.1) is 11.8 Å². The summed E-state index contributed by atoms with van der Waals surface area (Å²) in [5, 5.41) is 2.83. The Balaban J connectivity index is 2.00. The monoisotopic (exact) mass is 278 g/mol. The molecular formula is C15H22N2O3.